The molecule has 2 rings (SSSR count). The minimum absolute atomic E-state index is 0.158. The van der Waals surface area contributed by atoms with Crippen LogP contribution in [0.25, 0.3) is 0 Å². The summed E-state index contributed by atoms with van der Waals surface area (Å²) in [6.45, 7) is 2.89. The van der Waals surface area contributed by atoms with Gasteiger partial charge in [0, 0.05) is 33.8 Å². The first-order valence-corrected chi connectivity index (χ1v) is 8.02. The highest BCUT2D eigenvalue weighted by Crippen LogP contribution is 2.31. The molecule has 0 radical (unpaired) electrons. The summed E-state index contributed by atoms with van der Waals surface area (Å²) < 4.78 is 31.1. The fourth-order valence-corrected chi connectivity index (χ4v) is 3.24. The van der Waals surface area contributed by atoms with E-state index in [2.05, 4.69) is 4.90 Å². The average Bonchev–Trinajstić information content (AvgIpc) is 2.67. The van der Waals surface area contributed by atoms with Crippen molar-refractivity contribution >= 4 is 21.4 Å². The molecule has 1 fully saturated rings. The van der Waals surface area contributed by atoms with E-state index in [0.29, 0.717) is 12.3 Å². The highest BCUT2D eigenvalue weighted by molar-refractivity contribution is 7.89. The molecule has 112 valence electrons. The van der Waals surface area contributed by atoms with E-state index in [-0.39, 0.29) is 4.90 Å². The van der Waals surface area contributed by atoms with Gasteiger partial charge in [0.15, 0.2) is 0 Å². The van der Waals surface area contributed by atoms with Crippen molar-refractivity contribution in [2.45, 2.75) is 11.3 Å². The summed E-state index contributed by atoms with van der Waals surface area (Å²) in [5.41, 5.74) is 7.17. The van der Waals surface area contributed by atoms with Crippen LogP contribution in [-0.4, -0.2) is 53.1 Å². The van der Waals surface area contributed by atoms with Gasteiger partial charge in [0.25, 0.3) is 0 Å². The Balaban J connectivity index is 2.41. The topological polar surface area (TPSA) is 75.9 Å². The van der Waals surface area contributed by atoms with E-state index >= 15 is 0 Å². The maximum Gasteiger partial charge on any atom is 0.244 e. The minimum atomic E-state index is -3.53. The van der Waals surface area contributed by atoms with Crippen LogP contribution in [0, 0.1) is 0 Å². The zero-order chi connectivity index (χ0) is 14.8. The Morgan fingerprint density at radius 2 is 2.00 bits per heavy atom. The molecule has 7 heteroatoms. The molecule has 0 saturated carbocycles. The van der Waals surface area contributed by atoms with Gasteiger partial charge < -0.3 is 15.4 Å². The van der Waals surface area contributed by atoms with E-state index < -0.39 is 10.0 Å². The molecule has 1 heterocycles. The summed E-state index contributed by atoms with van der Waals surface area (Å²) in [5.74, 6) is 0. The summed E-state index contributed by atoms with van der Waals surface area (Å²) in [6, 6.07) is 5.13. The molecule has 1 aromatic rings. The zero-order valence-corrected chi connectivity index (χ0v) is 12.7. The number of ether oxygens (including phenoxy) is 1. The first kappa shape index (κ1) is 15.1. The summed E-state index contributed by atoms with van der Waals surface area (Å²) in [4.78, 5) is 2.24. The number of benzene rings is 1. The van der Waals surface area contributed by atoms with Crippen molar-refractivity contribution in [1.29, 1.82) is 0 Å². The fraction of sp³-hybridized carbons (Fsp3) is 0.538. The Kier molecular flexibility index (Phi) is 4.52. The highest BCUT2D eigenvalue weighted by Gasteiger charge is 2.23. The van der Waals surface area contributed by atoms with Crippen molar-refractivity contribution in [3.8, 4) is 0 Å². The van der Waals surface area contributed by atoms with Gasteiger partial charge in [-0.3, -0.25) is 0 Å². The zero-order valence-electron chi connectivity index (χ0n) is 11.9. The molecule has 1 aliphatic heterocycles. The Morgan fingerprint density at radius 1 is 1.25 bits per heavy atom. The molecular formula is C13H21N3O3S. The largest absolute Gasteiger partial charge is 0.396 e. The molecule has 0 atom stereocenters. The van der Waals surface area contributed by atoms with E-state index in [0.717, 1.165) is 31.8 Å². The Labute approximate surface area is 120 Å². The lowest BCUT2D eigenvalue weighted by Gasteiger charge is -2.25. The lowest BCUT2D eigenvalue weighted by atomic mass is 10.2. The average molecular weight is 299 g/mol. The summed E-state index contributed by atoms with van der Waals surface area (Å²) in [6.07, 6.45) is 0.907. The number of sulfonamides is 1. The molecule has 1 saturated heterocycles. The lowest BCUT2D eigenvalue weighted by molar-refractivity contribution is 0.152. The van der Waals surface area contributed by atoms with Gasteiger partial charge in [0.1, 0.15) is 4.90 Å². The quantitative estimate of drug-likeness (QED) is 0.833. The predicted molar refractivity (Wildman–Crippen MR) is 79.4 cm³/mol. The number of nitrogens with two attached hydrogens (primary N) is 1. The van der Waals surface area contributed by atoms with Gasteiger partial charge in [0.2, 0.25) is 10.0 Å². The first-order valence-electron chi connectivity index (χ1n) is 6.58. The maximum atomic E-state index is 12.3. The van der Waals surface area contributed by atoms with Crippen LogP contribution in [0.4, 0.5) is 11.4 Å². The molecule has 0 amide bonds. The van der Waals surface area contributed by atoms with Gasteiger partial charge >= 0.3 is 0 Å². The van der Waals surface area contributed by atoms with Crippen molar-refractivity contribution < 1.29 is 13.2 Å². The summed E-state index contributed by atoms with van der Waals surface area (Å²) in [5, 5.41) is 0. The number of hydrogen-bond acceptors (Lipinski definition) is 5. The Bertz CT molecular complexity index is 564. The summed E-state index contributed by atoms with van der Waals surface area (Å²) in [7, 11) is -0.525. The standard InChI is InChI=1S/C13H21N3O3S/c1-15(2)20(17,18)12-6-3-5-11(13(12)14)16-7-4-9-19-10-8-16/h3,5-6H,4,7-10,14H2,1-2H3. The van der Waals surface area contributed by atoms with Gasteiger partial charge in [-0.15, -0.1) is 0 Å². The number of anilines is 2. The number of rotatable bonds is 3. The molecule has 0 aromatic heterocycles. The lowest BCUT2D eigenvalue weighted by Crippen LogP contribution is -2.28. The van der Waals surface area contributed by atoms with Crippen LogP contribution in [0.5, 0.6) is 0 Å². The number of hydrogen-bond donors (Lipinski definition) is 1. The van der Waals surface area contributed by atoms with Gasteiger partial charge in [-0.2, -0.15) is 0 Å². The third-order valence-corrected chi connectivity index (χ3v) is 5.24. The van der Waals surface area contributed by atoms with Crippen LogP contribution >= 0.6 is 0 Å². The third kappa shape index (κ3) is 2.89. The Hall–Kier alpha value is -1.31. The molecule has 0 spiro atoms. The normalized spacial score (nSPS) is 17.2. The molecule has 0 aliphatic carbocycles. The van der Waals surface area contributed by atoms with E-state index in [4.69, 9.17) is 10.5 Å². The number of para-hydroxylation sites is 1. The second-order valence-corrected chi connectivity index (χ2v) is 7.05. The van der Waals surface area contributed by atoms with E-state index in [9.17, 15) is 8.42 Å². The first-order chi connectivity index (χ1) is 9.44. The number of nitrogen functional groups attached to an aromatic ring is 1. The second-order valence-electron chi connectivity index (χ2n) is 4.93. The molecule has 2 N–H and O–H groups in total. The van der Waals surface area contributed by atoms with Gasteiger partial charge in [-0.1, -0.05) is 6.07 Å². The van der Waals surface area contributed by atoms with E-state index in [1.54, 1.807) is 12.1 Å². The van der Waals surface area contributed by atoms with Crippen LogP contribution in [0.15, 0.2) is 23.1 Å². The van der Waals surface area contributed by atoms with Gasteiger partial charge in [0.05, 0.1) is 18.0 Å². The van der Waals surface area contributed by atoms with Gasteiger partial charge in [-0.25, -0.2) is 12.7 Å². The van der Waals surface area contributed by atoms with Crippen molar-refractivity contribution in [3.63, 3.8) is 0 Å². The van der Waals surface area contributed by atoms with Crippen LogP contribution in [0.1, 0.15) is 6.42 Å². The molecule has 6 nitrogen and oxygen atoms in total. The molecule has 0 unspecified atom stereocenters. The van der Waals surface area contributed by atoms with Crippen molar-refractivity contribution in [3.05, 3.63) is 18.2 Å². The maximum absolute atomic E-state index is 12.3. The molecular weight excluding hydrogens is 278 g/mol. The SMILES string of the molecule is CN(C)S(=O)(=O)c1cccc(N2CCCOCC2)c1N. The third-order valence-electron chi connectivity index (χ3n) is 3.36. The van der Waals surface area contributed by atoms with Crippen LogP contribution in [-0.2, 0) is 14.8 Å². The smallest absolute Gasteiger partial charge is 0.244 e. The van der Waals surface area contributed by atoms with E-state index in [1.165, 1.54) is 18.4 Å². The van der Waals surface area contributed by atoms with Crippen molar-refractivity contribution in [2.24, 2.45) is 0 Å². The molecule has 1 aliphatic rings. The van der Waals surface area contributed by atoms with Crippen LogP contribution in [0.2, 0.25) is 0 Å². The van der Waals surface area contributed by atoms with Crippen molar-refractivity contribution in [2.75, 3.05) is 51.0 Å². The molecule has 0 bridgehead atoms. The minimum Gasteiger partial charge on any atom is -0.396 e. The summed E-state index contributed by atoms with van der Waals surface area (Å²) >= 11 is 0. The molecule has 20 heavy (non-hydrogen) atoms. The Morgan fingerprint density at radius 3 is 2.70 bits per heavy atom. The van der Waals surface area contributed by atoms with Crippen molar-refractivity contribution in [1.82, 2.24) is 4.31 Å². The van der Waals surface area contributed by atoms with Crippen LogP contribution < -0.4 is 10.6 Å². The second kappa shape index (κ2) is 5.99. The predicted octanol–water partition coefficient (Wildman–Crippen LogP) is 0.746. The van der Waals surface area contributed by atoms with Crippen LogP contribution in [0.3, 0.4) is 0 Å². The molecule has 1 aromatic carbocycles. The number of nitrogens with zero attached hydrogens (tertiary/aromatic N) is 2. The highest BCUT2D eigenvalue weighted by atomic mass is 32.2. The monoisotopic (exact) mass is 299 g/mol. The fourth-order valence-electron chi connectivity index (χ4n) is 2.22. The van der Waals surface area contributed by atoms with E-state index in [1.807, 2.05) is 6.07 Å². The van der Waals surface area contributed by atoms with Gasteiger partial charge in [-0.05, 0) is 18.6 Å².